The van der Waals surface area contributed by atoms with Crippen LogP contribution in [0.4, 0.5) is 5.69 Å². The van der Waals surface area contributed by atoms with Crippen LogP contribution in [0.2, 0.25) is 0 Å². The summed E-state index contributed by atoms with van der Waals surface area (Å²) in [5.41, 5.74) is 3.41. The molecular formula is C14H18BrN. The lowest BCUT2D eigenvalue weighted by atomic mass is 9.78. The van der Waals surface area contributed by atoms with Gasteiger partial charge >= 0.3 is 0 Å². The van der Waals surface area contributed by atoms with E-state index >= 15 is 0 Å². The average Bonchev–Trinajstić information content (AvgIpc) is 2.69. The van der Waals surface area contributed by atoms with Crippen molar-refractivity contribution in [2.75, 3.05) is 18.0 Å². The van der Waals surface area contributed by atoms with E-state index in [9.17, 15) is 0 Å². The van der Waals surface area contributed by atoms with Crippen LogP contribution in [0.3, 0.4) is 0 Å². The van der Waals surface area contributed by atoms with Crippen molar-refractivity contribution < 1.29 is 0 Å². The fourth-order valence-electron chi connectivity index (χ4n) is 3.25. The molecule has 2 fully saturated rings. The predicted molar refractivity (Wildman–Crippen MR) is 72.0 cm³/mol. The highest BCUT2D eigenvalue weighted by atomic mass is 79.9. The lowest BCUT2D eigenvalue weighted by Gasteiger charge is -2.50. The summed E-state index contributed by atoms with van der Waals surface area (Å²) < 4.78 is 1.28. The molecule has 1 heterocycles. The van der Waals surface area contributed by atoms with E-state index in [2.05, 4.69) is 46.0 Å². The van der Waals surface area contributed by atoms with Crippen LogP contribution < -0.4 is 4.90 Å². The predicted octanol–water partition coefficient (Wildman–Crippen LogP) is 4.14. The molecule has 1 aromatic carbocycles. The zero-order valence-electron chi connectivity index (χ0n) is 9.80. The summed E-state index contributed by atoms with van der Waals surface area (Å²) in [5.74, 6) is 0. The molecule has 86 valence electrons. The first-order valence-electron chi connectivity index (χ1n) is 6.20. The molecule has 0 N–H and O–H groups in total. The number of nitrogens with zero attached hydrogens (tertiary/aromatic N) is 1. The quantitative estimate of drug-likeness (QED) is 0.747. The van der Waals surface area contributed by atoms with Gasteiger partial charge in [-0.15, -0.1) is 0 Å². The summed E-state index contributed by atoms with van der Waals surface area (Å²) in [6.45, 7) is 4.71. The second kappa shape index (κ2) is 3.76. The van der Waals surface area contributed by atoms with Crippen molar-refractivity contribution in [3.8, 4) is 0 Å². The van der Waals surface area contributed by atoms with Crippen molar-refractivity contribution in [1.29, 1.82) is 0 Å². The summed E-state index contributed by atoms with van der Waals surface area (Å²) >= 11 is 3.71. The molecule has 1 aliphatic carbocycles. The molecule has 1 saturated heterocycles. The van der Waals surface area contributed by atoms with Gasteiger partial charge < -0.3 is 4.90 Å². The monoisotopic (exact) mass is 279 g/mol. The summed E-state index contributed by atoms with van der Waals surface area (Å²) in [6, 6.07) is 6.56. The molecule has 1 nitrogen and oxygen atoms in total. The van der Waals surface area contributed by atoms with E-state index in [4.69, 9.17) is 0 Å². The molecular weight excluding hydrogens is 262 g/mol. The number of benzene rings is 1. The van der Waals surface area contributed by atoms with E-state index in [0.717, 1.165) is 0 Å². The third-order valence-electron chi connectivity index (χ3n) is 4.23. The standard InChI is InChI=1S/C14H18BrN/c1-11-5-4-6-12(13(11)15)16-9-14(10-16)7-2-3-8-14/h4-6H,2-3,7-10H2,1H3. The number of hydrogen-bond donors (Lipinski definition) is 0. The highest BCUT2D eigenvalue weighted by Crippen LogP contribution is 2.48. The zero-order valence-corrected chi connectivity index (χ0v) is 11.4. The minimum atomic E-state index is 0.684. The summed E-state index contributed by atoms with van der Waals surface area (Å²) in [7, 11) is 0. The van der Waals surface area contributed by atoms with E-state index in [1.54, 1.807) is 0 Å². The Morgan fingerprint density at radius 1 is 1.19 bits per heavy atom. The third-order valence-corrected chi connectivity index (χ3v) is 5.26. The van der Waals surface area contributed by atoms with Crippen molar-refractivity contribution in [3.63, 3.8) is 0 Å². The Hall–Kier alpha value is -0.500. The van der Waals surface area contributed by atoms with Crippen LogP contribution in [0, 0.1) is 12.3 Å². The van der Waals surface area contributed by atoms with Crippen LogP contribution in [0.25, 0.3) is 0 Å². The van der Waals surface area contributed by atoms with Crippen LogP contribution in [-0.4, -0.2) is 13.1 Å². The van der Waals surface area contributed by atoms with Gasteiger partial charge in [0, 0.05) is 23.0 Å². The largest absolute Gasteiger partial charge is 0.369 e. The van der Waals surface area contributed by atoms with Crippen molar-refractivity contribution in [2.24, 2.45) is 5.41 Å². The highest BCUT2D eigenvalue weighted by molar-refractivity contribution is 9.10. The molecule has 0 atom stereocenters. The zero-order chi connectivity index (χ0) is 11.2. The second-order valence-corrected chi connectivity index (χ2v) is 6.26. The lowest BCUT2D eigenvalue weighted by Crippen LogP contribution is -2.55. The molecule has 16 heavy (non-hydrogen) atoms. The van der Waals surface area contributed by atoms with Crippen molar-refractivity contribution in [1.82, 2.24) is 0 Å². The Morgan fingerprint density at radius 2 is 1.88 bits per heavy atom. The van der Waals surface area contributed by atoms with Crippen molar-refractivity contribution >= 4 is 21.6 Å². The highest BCUT2D eigenvalue weighted by Gasteiger charge is 2.44. The van der Waals surface area contributed by atoms with Crippen molar-refractivity contribution in [3.05, 3.63) is 28.2 Å². The molecule has 2 heteroatoms. The van der Waals surface area contributed by atoms with E-state index in [1.807, 2.05) is 0 Å². The van der Waals surface area contributed by atoms with Crippen LogP contribution in [-0.2, 0) is 0 Å². The van der Waals surface area contributed by atoms with Crippen LogP contribution in [0.5, 0.6) is 0 Å². The molecule has 1 aliphatic heterocycles. The van der Waals surface area contributed by atoms with Gasteiger partial charge in [-0.05, 0) is 47.3 Å². The first-order valence-corrected chi connectivity index (χ1v) is 7.00. The summed E-state index contributed by atoms with van der Waals surface area (Å²) in [5, 5.41) is 0. The Labute approximate surface area is 106 Å². The van der Waals surface area contributed by atoms with Crippen LogP contribution in [0.15, 0.2) is 22.7 Å². The summed E-state index contributed by atoms with van der Waals surface area (Å²) in [4.78, 5) is 2.53. The molecule has 0 unspecified atom stereocenters. The molecule has 0 radical (unpaired) electrons. The number of rotatable bonds is 1. The van der Waals surface area contributed by atoms with Gasteiger partial charge in [0.1, 0.15) is 0 Å². The minimum Gasteiger partial charge on any atom is -0.369 e. The topological polar surface area (TPSA) is 3.24 Å². The number of aryl methyl sites for hydroxylation is 1. The van der Waals surface area contributed by atoms with Gasteiger partial charge in [0.05, 0.1) is 5.69 Å². The first-order chi connectivity index (χ1) is 7.70. The van der Waals surface area contributed by atoms with Gasteiger partial charge in [0.2, 0.25) is 0 Å². The molecule has 1 spiro atoms. The number of halogens is 1. The molecule has 2 aliphatic rings. The van der Waals surface area contributed by atoms with E-state index < -0.39 is 0 Å². The van der Waals surface area contributed by atoms with Gasteiger partial charge in [-0.3, -0.25) is 0 Å². The minimum absolute atomic E-state index is 0.684. The van der Waals surface area contributed by atoms with Gasteiger partial charge in [-0.25, -0.2) is 0 Å². The lowest BCUT2D eigenvalue weighted by molar-refractivity contribution is 0.221. The average molecular weight is 280 g/mol. The fourth-order valence-corrected chi connectivity index (χ4v) is 3.77. The maximum Gasteiger partial charge on any atom is 0.0513 e. The normalized spacial score (nSPS) is 22.5. The molecule has 1 saturated carbocycles. The molecule has 0 aromatic heterocycles. The second-order valence-electron chi connectivity index (χ2n) is 5.47. The Bertz CT molecular complexity index is 399. The SMILES string of the molecule is Cc1cccc(N2CC3(CCCC3)C2)c1Br. The molecule has 3 rings (SSSR count). The number of hydrogen-bond acceptors (Lipinski definition) is 1. The fraction of sp³-hybridized carbons (Fsp3) is 0.571. The first kappa shape index (κ1) is 10.6. The molecule has 1 aromatic rings. The van der Waals surface area contributed by atoms with E-state index in [1.165, 1.54) is 54.5 Å². The maximum atomic E-state index is 3.71. The maximum absolute atomic E-state index is 3.71. The Morgan fingerprint density at radius 3 is 2.56 bits per heavy atom. The number of anilines is 1. The van der Waals surface area contributed by atoms with Gasteiger partial charge in [0.15, 0.2) is 0 Å². The smallest absolute Gasteiger partial charge is 0.0513 e. The Balaban J connectivity index is 1.78. The third kappa shape index (κ3) is 1.58. The van der Waals surface area contributed by atoms with Gasteiger partial charge in [-0.1, -0.05) is 25.0 Å². The summed E-state index contributed by atoms with van der Waals surface area (Å²) in [6.07, 6.45) is 5.80. The van der Waals surface area contributed by atoms with E-state index in [0.29, 0.717) is 5.41 Å². The van der Waals surface area contributed by atoms with Crippen molar-refractivity contribution in [2.45, 2.75) is 32.6 Å². The molecule has 0 bridgehead atoms. The van der Waals surface area contributed by atoms with E-state index in [-0.39, 0.29) is 0 Å². The van der Waals surface area contributed by atoms with Gasteiger partial charge in [-0.2, -0.15) is 0 Å². The van der Waals surface area contributed by atoms with Gasteiger partial charge in [0.25, 0.3) is 0 Å². The molecule has 0 amide bonds. The Kier molecular flexibility index (Phi) is 2.50. The van der Waals surface area contributed by atoms with Crippen LogP contribution >= 0.6 is 15.9 Å². The van der Waals surface area contributed by atoms with Crippen LogP contribution in [0.1, 0.15) is 31.2 Å².